The number of ether oxygens (including phenoxy) is 2. The average Bonchev–Trinajstić information content (AvgIpc) is 3.31. The van der Waals surface area contributed by atoms with Crippen LogP contribution in [-0.4, -0.2) is 64.2 Å². The van der Waals surface area contributed by atoms with Crippen LogP contribution >= 0.6 is 23.1 Å². The number of sulfone groups is 1. The van der Waals surface area contributed by atoms with E-state index in [-0.39, 0.29) is 35.4 Å². The molecule has 2 rings (SSSR count). The molecule has 0 aliphatic heterocycles. The van der Waals surface area contributed by atoms with Crippen LogP contribution in [0.15, 0.2) is 0 Å². The molecule has 1 N–H and O–H groups in total. The molecule has 0 bridgehead atoms. The lowest BCUT2D eigenvalue weighted by atomic mass is 10.1. The van der Waals surface area contributed by atoms with Crippen molar-refractivity contribution >= 4 is 44.8 Å². The van der Waals surface area contributed by atoms with Crippen molar-refractivity contribution in [2.75, 3.05) is 24.7 Å². The Morgan fingerprint density at radius 1 is 0.966 bits per heavy atom. The predicted molar refractivity (Wildman–Crippen MR) is 110 cm³/mol. The van der Waals surface area contributed by atoms with Crippen LogP contribution in [0.5, 0.6) is 0 Å². The number of nitrogens with zero attached hydrogens (tertiary/aromatic N) is 4. The van der Waals surface area contributed by atoms with Crippen LogP contribution in [0.3, 0.4) is 0 Å². The van der Waals surface area contributed by atoms with E-state index >= 15 is 0 Å². The van der Waals surface area contributed by atoms with Gasteiger partial charge in [-0.2, -0.15) is 0 Å². The van der Waals surface area contributed by atoms with Gasteiger partial charge in [-0.1, -0.05) is 22.8 Å². The molecule has 0 spiro atoms. The van der Waals surface area contributed by atoms with Crippen molar-refractivity contribution in [3.05, 3.63) is 21.1 Å². The van der Waals surface area contributed by atoms with Crippen LogP contribution in [0, 0.1) is 5.41 Å². The number of carbonyl (C=O) groups excluding carboxylic acids is 1. The van der Waals surface area contributed by atoms with E-state index in [0.29, 0.717) is 16.4 Å². The van der Waals surface area contributed by atoms with E-state index in [0.717, 1.165) is 23.1 Å². The summed E-state index contributed by atoms with van der Waals surface area (Å²) in [5, 5.41) is 15.6. The highest BCUT2D eigenvalue weighted by Crippen LogP contribution is 2.28. The molecule has 0 saturated heterocycles. The third-order valence-corrected chi connectivity index (χ3v) is 7.83. The van der Waals surface area contributed by atoms with Crippen LogP contribution < -0.4 is 0 Å². The van der Waals surface area contributed by atoms with Gasteiger partial charge in [0.1, 0.15) is 0 Å². The normalized spacial score (nSPS) is 13.7. The number of nitrogens with one attached hydrogen (secondary N) is 1. The highest BCUT2D eigenvalue weighted by Gasteiger charge is 2.29. The molecule has 10 nitrogen and oxygen atoms in total. The van der Waals surface area contributed by atoms with Gasteiger partial charge in [0.2, 0.25) is 5.90 Å². The molecule has 2 atom stereocenters. The smallest absolute Gasteiger partial charge is 0.360 e. The summed E-state index contributed by atoms with van der Waals surface area (Å²) in [6.45, 7) is 7.40. The van der Waals surface area contributed by atoms with Crippen LogP contribution in [0.4, 0.5) is 0 Å². The lowest BCUT2D eigenvalue weighted by Gasteiger charge is -2.14. The second-order valence-corrected chi connectivity index (χ2v) is 10.1. The number of hydrogen-bond donors (Lipinski definition) is 1. The summed E-state index contributed by atoms with van der Waals surface area (Å²) in [7, 11) is -3.50. The first-order chi connectivity index (χ1) is 13.7. The molecule has 160 valence electrons. The zero-order valence-electron chi connectivity index (χ0n) is 16.5. The third-order valence-electron chi connectivity index (χ3n) is 3.90. The second-order valence-electron chi connectivity index (χ2n) is 6.33. The fraction of sp³-hybridized carbons (Fsp3) is 0.625. The van der Waals surface area contributed by atoms with E-state index in [9.17, 15) is 13.2 Å². The minimum atomic E-state index is -3.50. The van der Waals surface area contributed by atoms with Gasteiger partial charge in [-0.15, -0.1) is 10.2 Å². The van der Waals surface area contributed by atoms with Gasteiger partial charge in [0.05, 0.1) is 34.5 Å². The minimum Gasteiger partial charge on any atom is -0.477 e. The molecule has 0 aromatic carbocycles. The summed E-state index contributed by atoms with van der Waals surface area (Å²) in [6, 6.07) is 0. The molecule has 2 heterocycles. The molecular weight excluding hydrogens is 438 g/mol. The Labute approximate surface area is 177 Å². The molecule has 29 heavy (non-hydrogen) atoms. The van der Waals surface area contributed by atoms with Gasteiger partial charge < -0.3 is 9.47 Å². The highest BCUT2D eigenvalue weighted by molar-refractivity contribution is 7.91. The summed E-state index contributed by atoms with van der Waals surface area (Å²) in [5.74, 6) is -1.92. The van der Waals surface area contributed by atoms with Crippen LogP contribution in [-0.2, 0) is 19.3 Å². The quantitative estimate of drug-likeness (QED) is 0.320. The Hall–Kier alpha value is -1.99. The van der Waals surface area contributed by atoms with Crippen molar-refractivity contribution < 1.29 is 22.7 Å². The number of hydrogen-bond acceptors (Lipinski definition) is 12. The fourth-order valence-electron chi connectivity index (χ4n) is 2.73. The third kappa shape index (κ3) is 6.00. The van der Waals surface area contributed by atoms with E-state index in [4.69, 9.17) is 14.9 Å². The zero-order valence-corrected chi connectivity index (χ0v) is 19.0. The fourth-order valence-corrected chi connectivity index (χ4v) is 6.32. The van der Waals surface area contributed by atoms with Crippen LogP contribution in [0.2, 0.25) is 0 Å². The van der Waals surface area contributed by atoms with Crippen molar-refractivity contribution in [2.45, 2.75) is 39.5 Å². The van der Waals surface area contributed by atoms with Gasteiger partial charge in [-0.25, -0.2) is 13.2 Å². The van der Waals surface area contributed by atoms with Crippen molar-refractivity contribution in [1.82, 2.24) is 19.2 Å². The molecule has 0 aliphatic carbocycles. The van der Waals surface area contributed by atoms with E-state index in [1.165, 1.54) is 0 Å². The van der Waals surface area contributed by atoms with Gasteiger partial charge in [0, 0.05) is 11.8 Å². The molecule has 2 unspecified atom stereocenters. The van der Waals surface area contributed by atoms with Crippen molar-refractivity contribution in [3.63, 3.8) is 0 Å². The Morgan fingerprint density at radius 3 is 1.97 bits per heavy atom. The number of aromatic nitrogens is 4. The molecular formula is C16H23N5O5S3. The van der Waals surface area contributed by atoms with E-state index in [2.05, 4.69) is 19.2 Å². The molecule has 0 radical (unpaired) electrons. The minimum absolute atomic E-state index is 0.0618. The second kappa shape index (κ2) is 10.2. The Morgan fingerprint density at radius 2 is 1.45 bits per heavy atom. The Bertz CT molecular complexity index is 886. The van der Waals surface area contributed by atoms with Gasteiger partial charge >= 0.3 is 5.97 Å². The highest BCUT2D eigenvalue weighted by atomic mass is 32.2. The number of carbonyl (C=O) groups is 1. The van der Waals surface area contributed by atoms with E-state index in [1.807, 2.05) is 0 Å². The van der Waals surface area contributed by atoms with Crippen LogP contribution in [0.25, 0.3) is 0 Å². The first kappa shape index (κ1) is 23.3. The molecule has 2 aromatic heterocycles. The maximum Gasteiger partial charge on any atom is 0.360 e. The van der Waals surface area contributed by atoms with Crippen molar-refractivity contribution in [3.8, 4) is 0 Å². The van der Waals surface area contributed by atoms with Gasteiger partial charge in [0.25, 0.3) is 0 Å². The van der Waals surface area contributed by atoms with Gasteiger partial charge in [-0.05, 0) is 36.9 Å². The molecule has 0 amide bonds. The lowest BCUT2D eigenvalue weighted by molar-refractivity contribution is 0.0517. The molecule has 13 heteroatoms. The van der Waals surface area contributed by atoms with Crippen molar-refractivity contribution in [2.24, 2.45) is 0 Å². The standard InChI is InChI=1S/C16H23N5O5S3/c1-5-25-15(17)11-13(27-20-18-11)9(3)7-29(23,24)8-10(4)14-12(19-21-28-14)16(22)26-6-2/h9-10,17H,5-8H2,1-4H3. The van der Waals surface area contributed by atoms with Crippen molar-refractivity contribution in [1.29, 1.82) is 5.41 Å². The summed E-state index contributed by atoms with van der Waals surface area (Å²) in [5.41, 5.74) is 0.329. The predicted octanol–water partition coefficient (Wildman–Crippen LogP) is 2.25. The van der Waals surface area contributed by atoms with Gasteiger partial charge in [-0.3, -0.25) is 5.41 Å². The summed E-state index contributed by atoms with van der Waals surface area (Å²) in [6.07, 6.45) is 0. The molecule has 2 aromatic rings. The Kier molecular flexibility index (Phi) is 8.16. The summed E-state index contributed by atoms with van der Waals surface area (Å²) < 4.78 is 43.3. The molecule has 0 aliphatic rings. The number of rotatable bonds is 10. The average molecular weight is 462 g/mol. The molecule has 0 fully saturated rings. The molecule has 0 saturated carbocycles. The van der Waals surface area contributed by atoms with Crippen LogP contribution in [0.1, 0.15) is 65.5 Å². The maximum atomic E-state index is 12.8. The van der Waals surface area contributed by atoms with E-state index < -0.39 is 27.6 Å². The Balaban J connectivity index is 2.11. The van der Waals surface area contributed by atoms with E-state index in [1.54, 1.807) is 27.7 Å². The first-order valence-electron chi connectivity index (χ1n) is 8.93. The zero-order chi connectivity index (χ0) is 21.6. The number of esters is 1. The SMILES string of the molecule is CCOC(=N)c1nnsc1C(C)CS(=O)(=O)CC(C)c1snnc1C(=O)OCC. The largest absolute Gasteiger partial charge is 0.477 e. The lowest BCUT2D eigenvalue weighted by Crippen LogP contribution is -2.21. The first-order valence-corrected chi connectivity index (χ1v) is 12.3. The monoisotopic (exact) mass is 461 g/mol. The maximum absolute atomic E-state index is 12.8. The summed E-state index contributed by atoms with van der Waals surface area (Å²) >= 11 is 2.05. The topological polar surface area (TPSA) is 145 Å². The summed E-state index contributed by atoms with van der Waals surface area (Å²) in [4.78, 5) is 13.0. The van der Waals surface area contributed by atoms with Gasteiger partial charge in [0.15, 0.2) is 21.2 Å².